The largest absolute Gasteiger partial charge is 0.455 e. The number of rotatable bonds is 5. The van der Waals surface area contributed by atoms with E-state index in [0.29, 0.717) is 12.2 Å². The Morgan fingerprint density at radius 3 is 2.56 bits per heavy atom. The number of nitrogens with one attached hydrogen (secondary N) is 1. The molecule has 6 nitrogen and oxygen atoms in total. The first-order valence-corrected chi connectivity index (χ1v) is 8.94. The van der Waals surface area contributed by atoms with Gasteiger partial charge in [-0.1, -0.05) is 37.5 Å². The fourth-order valence-electron chi connectivity index (χ4n) is 3.61. The Bertz CT molecular complexity index is 626. The van der Waals surface area contributed by atoms with Crippen LogP contribution >= 0.6 is 0 Å². The number of esters is 1. The fourth-order valence-corrected chi connectivity index (χ4v) is 3.61. The van der Waals surface area contributed by atoms with E-state index >= 15 is 0 Å². The minimum absolute atomic E-state index is 0.0302. The molecule has 1 aliphatic heterocycles. The number of anilines is 1. The van der Waals surface area contributed by atoms with E-state index in [1.54, 1.807) is 12.1 Å². The molecule has 0 aromatic heterocycles. The molecular formula is C19H24N2O4. The standard InChI is InChI=1S/C19H24N2O4/c22-17(20-15-7-3-1-4-8-15)13-25-19(24)14-11-18(23)21(12-14)16-9-5-2-6-10-16/h1,3-4,7-8,14,16H,2,5-6,9-13H2,(H,20,22)/t14-/m1/s1. The quantitative estimate of drug-likeness (QED) is 0.832. The molecule has 3 rings (SSSR count). The summed E-state index contributed by atoms with van der Waals surface area (Å²) in [6.07, 6.45) is 5.74. The van der Waals surface area contributed by atoms with Gasteiger partial charge < -0.3 is 15.0 Å². The summed E-state index contributed by atoms with van der Waals surface area (Å²) in [7, 11) is 0. The molecule has 6 heteroatoms. The summed E-state index contributed by atoms with van der Waals surface area (Å²) in [5, 5.41) is 2.66. The molecule has 1 saturated heterocycles. The van der Waals surface area contributed by atoms with E-state index < -0.39 is 11.9 Å². The lowest BCUT2D eigenvalue weighted by Gasteiger charge is -2.31. The molecule has 1 heterocycles. The Labute approximate surface area is 147 Å². The average Bonchev–Trinajstić information content (AvgIpc) is 3.03. The van der Waals surface area contributed by atoms with Gasteiger partial charge in [-0.05, 0) is 25.0 Å². The summed E-state index contributed by atoms with van der Waals surface area (Å²) < 4.78 is 5.11. The summed E-state index contributed by atoms with van der Waals surface area (Å²) in [4.78, 5) is 38.1. The first-order valence-electron chi connectivity index (χ1n) is 8.94. The van der Waals surface area contributed by atoms with Gasteiger partial charge in [0, 0.05) is 24.7 Å². The SMILES string of the molecule is O=C(COC(=O)[C@@H]1CC(=O)N(C2CCCCC2)C1)Nc1ccccc1. The van der Waals surface area contributed by atoms with Gasteiger partial charge in [-0.2, -0.15) is 0 Å². The molecule has 2 fully saturated rings. The van der Waals surface area contributed by atoms with E-state index in [1.165, 1.54) is 6.42 Å². The first-order chi connectivity index (χ1) is 12.1. The minimum atomic E-state index is -0.463. The minimum Gasteiger partial charge on any atom is -0.455 e. The van der Waals surface area contributed by atoms with Crippen molar-refractivity contribution in [1.29, 1.82) is 0 Å². The van der Waals surface area contributed by atoms with Crippen LogP contribution in [0, 0.1) is 5.92 Å². The lowest BCUT2D eigenvalue weighted by atomic mass is 9.94. The molecule has 1 aromatic rings. The van der Waals surface area contributed by atoms with Gasteiger partial charge in [-0.15, -0.1) is 0 Å². The van der Waals surface area contributed by atoms with Crippen molar-refractivity contribution < 1.29 is 19.1 Å². The Balaban J connectivity index is 1.45. The van der Waals surface area contributed by atoms with Crippen molar-refractivity contribution in [3.63, 3.8) is 0 Å². The van der Waals surface area contributed by atoms with Gasteiger partial charge in [0.05, 0.1) is 5.92 Å². The van der Waals surface area contributed by atoms with Crippen LogP contribution in [0.4, 0.5) is 5.69 Å². The van der Waals surface area contributed by atoms with E-state index in [0.717, 1.165) is 25.7 Å². The number of nitrogens with zero attached hydrogens (tertiary/aromatic N) is 1. The van der Waals surface area contributed by atoms with Crippen LogP contribution in [0.5, 0.6) is 0 Å². The van der Waals surface area contributed by atoms with Crippen molar-refractivity contribution in [2.75, 3.05) is 18.5 Å². The van der Waals surface area contributed by atoms with Crippen molar-refractivity contribution >= 4 is 23.5 Å². The summed E-state index contributed by atoms with van der Waals surface area (Å²) in [5.41, 5.74) is 0.656. The van der Waals surface area contributed by atoms with Crippen LogP contribution in [-0.4, -0.2) is 41.9 Å². The summed E-state index contributed by atoms with van der Waals surface area (Å²) in [5.74, 6) is -1.27. The van der Waals surface area contributed by atoms with Crippen LogP contribution in [0.3, 0.4) is 0 Å². The highest BCUT2D eigenvalue weighted by Crippen LogP contribution is 2.29. The number of carbonyl (C=O) groups excluding carboxylic acids is 3. The third kappa shape index (κ3) is 4.59. The van der Waals surface area contributed by atoms with Gasteiger partial charge in [0.15, 0.2) is 6.61 Å². The predicted octanol–water partition coefficient (Wildman–Crippen LogP) is 2.35. The molecule has 0 spiro atoms. The second-order valence-electron chi connectivity index (χ2n) is 6.76. The molecule has 25 heavy (non-hydrogen) atoms. The number of benzene rings is 1. The molecule has 1 atom stereocenters. The highest BCUT2D eigenvalue weighted by Gasteiger charge is 2.39. The predicted molar refractivity (Wildman–Crippen MR) is 92.7 cm³/mol. The molecule has 2 aliphatic rings. The van der Waals surface area contributed by atoms with Crippen molar-refractivity contribution in [1.82, 2.24) is 4.90 Å². The number of hydrogen-bond acceptors (Lipinski definition) is 4. The zero-order valence-corrected chi connectivity index (χ0v) is 14.3. The Kier molecular flexibility index (Phi) is 5.68. The molecule has 1 aromatic carbocycles. The summed E-state index contributed by atoms with van der Waals surface area (Å²) in [6, 6.07) is 9.26. The molecule has 2 amide bonds. The highest BCUT2D eigenvalue weighted by molar-refractivity contribution is 5.93. The summed E-state index contributed by atoms with van der Waals surface area (Å²) in [6.45, 7) is 0.0878. The van der Waals surface area contributed by atoms with E-state index in [9.17, 15) is 14.4 Å². The average molecular weight is 344 g/mol. The van der Waals surface area contributed by atoms with Gasteiger partial charge in [-0.3, -0.25) is 14.4 Å². The van der Waals surface area contributed by atoms with Gasteiger partial charge in [0.1, 0.15) is 0 Å². The fraction of sp³-hybridized carbons (Fsp3) is 0.526. The van der Waals surface area contributed by atoms with Crippen molar-refractivity contribution in [2.24, 2.45) is 5.92 Å². The maximum atomic E-state index is 12.2. The molecule has 1 saturated carbocycles. The highest BCUT2D eigenvalue weighted by atomic mass is 16.5. The van der Waals surface area contributed by atoms with Crippen LogP contribution in [0.15, 0.2) is 30.3 Å². The lowest BCUT2D eigenvalue weighted by molar-refractivity contribution is -0.151. The molecule has 0 radical (unpaired) electrons. The molecule has 134 valence electrons. The van der Waals surface area contributed by atoms with Gasteiger partial charge >= 0.3 is 5.97 Å². The van der Waals surface area contributed by atoms with Crippen molar-refractivity contribution in [3.8, 4) is 0 Å². The number of amides is 2. The zero-order valence-electron chi connectivity index (χ0n) is 14.3. The Morgan fingerprint density at radius 1 is 1.12 bits per heavy atom. The van der Waals surface area contributed by atoms with Crippen LogP contribution < -0.4 is 5.32 Å². The second kappa shape index (κ2) is 8.14. The smallest absolute Gasteiger partial charge is 0.311 e. The molecule has 0 bridgehead atoms. The topological polar surface area (TPSA) is 75.7 Å². The van der Waals surface area contributed by atoms with Gasteiger partial charge in [0.2, 0.25) is 5.91 Å². The number of carbonyl (C=O) groups is 3. The monoisotopic (exact) mass is 344 g/mol. The third-order valence-corrected chi connectivity index (χ3v) is 4.91. The molecule has 1 aliphatic carbocycles. The van der Waals surface area contributed by atoms with Crippen LogP contribution in [0.2, 0.25) is 0 Å². The van der Waals surface area contributed by atoms with Gasteiger partial charge in [-0.25, -0.2) is 0 Å². The number of ether oxygens (including phenoxy) is 1. The Morgan fingerprint density at radius 2 is 1.84 bits per heavy atom. The molecule has 1 N–H and O–H groups in total. The maximum Gasteiger partial charge on any atom is 0.311 e. The number of para-hydroxylation sites is 1. The van der Waals surface area contributed by atoms with E-state index in [1.807, 2.05) is 23.1 Å². The van der Waals surface area contributed by atoms with Crippen LogP contribution in [0.25, 0.3) is 0 Å². The Hall–Kier alpha value is -2.37. The third-order valence-electron chi connectivity index (χ3n) is 4.91. The maximum absolute atomic E-state index is 12.2. The first kappa shape index (κ1) is 17.5. The van der Waals surface area contributed by atoms with E-state index in [4.69, 9.17) is 4.74 Å². The summed E-state index contributed by atoms with van der Waals surface area (Å²) >= 11 is 0. The van der Waals surface area contributed by atoms with Crippen molar-refractivity contribution in [3.05, 3.63) is 30.3 Å². The van der Waals surface area contributed by atoms with Crippen LogP contribution in [-0.2, 0) is 19.1 Å². The lowest BCUT2D eigenvalue weighted by Crippen LogP contribution is -2.38. The van der Waals surface area contributed by atoms with Crippen LogP contribution in [0.1, 0.15) is 38.5 Å². The molecule has 0 unspecified atom stereocenters. The number of hydrogen-bond donors (Lipinski definition) is 1. The van der Waals surface area contributed by atoms with E-state index in [-0.39, 0.29) is 30.9 Å². The zero-order chi connectivity index (χ0) is 17.6. The van der Waals surface area contributed by atoms with Crippen molar-refractivity contribution in [2.45, 2.75) is 44.6 Å². The number of likely N-dealkylation sites (tertiary alicyclic amines) is 1. The normalized spacial score (nSPS) is 21.2. The van der Waals surface area contributed by atoms with E-state index in [2.05, 4.69) is 5.32 Å². The molecular weight excluding hydrogens is 320 g/mol. The van der Waals surface area contributed by atoms with Gasteiger partial charge in [0.25, 0.3) is 5.91 Å². The second-order valence-corrected chi connectivity index (χ2v) is 6.76.